The maximum Gasteiger partial charge on any atom is 0.258 e. The molecular formula is C27H37N5O3. The van der Waals surface area contributed by atoms with Crippen LogP contribution >= 0.6 is 0 Å². The number of carbonyl (C=O) groups is 2. The van der Waals surface area contributed by atoms with Gasteiger partial charge in [-0.2, -0.15) is 5.10 Å². The van der Waals surface area contributed by atoms with Crippen LogP contribution in [-0.4, -0.2) is 55.8 Å². The highest BCUT2D eigenvalue weighted by atomic mass is 16.3. The van der Waals surface area contributed by atoms with Crippen molar-refractivity contribution in [1.82, 2.24) is 14.7 Å². The standard InChI is InChI=1S/C27H37N5O3/c1-4-21-24-23(14-27(2,3)31(26(24)35)15-16-5-6-16)32(30-21)18-9-12-20(25(28)34)22(13-18)29-17-7-10-19(33)11-8-17/h9,12-13,16-17,19,29,33H,4-8,10-11,14-15H2,1-3H3,(H2,28,34). The van der Waals surface area contributed by atoms with E-state index in [4.69, 9.17) is 10.8 Å². The van der Waals surface area contributed by atoms with Gasteiger partial charge in [0.05, 0.1) is 34.3 Å². The Kier molecular flexibility index (Phi) is 6.11. The van der Waals surface area contributed by atoms with Crippen molar-refractivity contribution in [2.75, 3.05) is 11.9 Å². The van der Waals surface area contributed by atoms with Gasteiger partial charge in [-0.25, -0.2) is 4.68 Å². The third-order valence-corrected chi connectivity index (χ3v) is 7.89. The maximum absolute atomic E-state index is 13.7. The highest BCUT2D eigenvalue weighted by Crippen LogP contribution is 2.39. The van der Waals surface area contributed by atoms with E-state index in [0.29, 0.717) is 30.0 Å². The second-order valence-electron chi connectivity index (χ2n) is 11.1. The fraction of sp³-hybridized carbons (Fsp3) is 0.593. The molecule has 2 amide bonds. The Morgan fingerprint density at radius 3 is 2.54 bits per heavy atom. The molecular weight excluding hydrogens is 442 g/mol. The van der Waals surface area contributed by atoms with Gasteiger partial charge in [0.15, 0.2) is 0 Å². The van der Waals surface area contributed by atoms with E-state index in [1.807, 2.05) is 23.7 Å². The minimum Gasteiger partial charge on any atom is -0.393 e. The van der Waals surface area contributed by atoms with Gasteiger partial charge in [0.1, 0.15) is 0 Å². The van der Waals surface area contributed by atoms with Gasteiger partial charge < -0.3 is 21.1 Å². The van der Waals surface area contributed by atoms with Crippen LogP contribution in [0.4, 0.5) is 5.69 Å². The van der Waals surface area contributed by atoms with E-state index < -0.39 is 5.91 Å². The topological polar surface area (TPSA) is 113 Å². The summed E-state index contributed by atoms with van der Waals surface area (Å²) >= 11 is 0. The minimum atomic E-state index is -0.487. The first-order chi connectivity index (χ1) is 16.7. The van der Waals surface area contributed by atoms with Gasteiger partial charge in [-0.15, -0.1) is 0 Å². The Hall–Kier alpha value is -2.87. The Morgan fingerprint density at radius 2 is 1.91 bits per heavy atom. The third kappa shape index (κ3) is 4.56. The van der Waals surface area contributed by atoms with Crippen molar-refractivity contribution in [1.29, 1.82) is 0 Å². The van der Waals surface area contributed by atoms with Crippen LogP contribution in [0.15, 0.2) is 18.2 Å². The number of fused-ring (bicyclic) bond motifs is 1. The number of carbonyl (C=O) groups excluding carboxylic acids is 2. The van der Waals surface area contributed by atoms with Gasteiger partial charge >= 0.3 is 0 Å². The molecule has 2 fully saturated rings. The molecule has 0 unspecified atom stereocenters. The Labute approximate surface area is 206 Å². The summed E-state index contributed by atoms with van der Waals surface area (Å²) in [6.07, 6.45) is 6.69. The number of aromatic nitrogens is 2. The fourth-order valence-corrected chi connectivity index (χ4v) is 5.62. The molecule has 2 aliphatic carbocycles. The molecule has 4 N–H and O–H groups in total. The van der Waals surface area contributed by atoms with Crippen molar-refractivity contribution in [3.63, 3.8) is 0 Å². The number of aliphatic hydroxyl groups is 1. The molecule has 8 heteroatoms. The van der Waals surface area contributed by atoms with Gasteiger partial charge in [0.2, 0.25) is 0 Å². The van der Waals surface area contributed by atoms with E-state index in [1.54, 1.807) is 6.07 Å². The summed E-state index contributed by atoms with van der Waals surface area (Å²) in [6, 6.07) is 5.69. The zero-order chi connectivity index (χ0) is 24.9. The first kappa shape index (κ1) is 23.9. The number of aliphatic hydroxyl groups excluding tert-OH is 1. The van der Waals surface area contributed by atoms with Crippen molar-refractivity contribution in [3.8, 4) is 5.69 Å². The zero-order valence-corrected chi connectivity index (χ0v) is 21.0. The van der Waals surface area contributed by atoms with Crippen LogP contribution < -0.4 is 11.1 Å². The molecule has 1 aliphatic heterocycles. The molecule has 1 aromatic carbocycles. The Bertz CT molecular complexity index is 1140. The molecule has 1 aromatic heterocycles. The molecule has 0 spiro atoms. The van der Waals surface area contributed by atoms with Crippen LogP contribution in [0.1, 0.15) is 91.4 Å². The smallest absolute Gasteiger partial charge is 0.258 e. The van der Waals surface area contributed by atoms with Gasteiger partial charge in [-0.05, 0) is 82.9 Å². The number of primary amides is 1. The molecule has 0 radical (unpaired) electrons. The van der Waals surface area contributed by atoms with Crippen LogP contribution in [0.5, 0.6) is 0 Å². The minimum absolute atomic E-state index is 0.0825. The largest absolute Gasteiger partial charge is 0.393 e. The number of rotatable bonds is 7. The van der Waals surface area contributed by atoms with E-state index in [0.717, 1.165) is 54.9 Å². The number of aryl methyl sites for hydroxylation is 1. The van der Waals surface area contributed by atoms with Crippen molar-refractivity contribution in [2.45, 2.75) is 89.8 Å². The lowest BCUT2D eigenvalue weighted by atomic mass is 9.87. The average Bonchev–Trinajstić information content (AvgIpc) is 3.57. The molecule has 2 saturated carbocycles. The highest BCUT2D eigenvalue weighted by Gasteiger charge is 2.44. The molecule has 0 atom stereocenters. The number of anilines is 1. The van der Waals surface area contributed by atoms with Gasteiger partial charge in [-0.1, -0.05) is 6.92 Å². The molecule has 8 nitrogen and oxygen atoms in total. The summed E-state index contributed by atoms with van der Waals surface area (Å²) in [5.41, 5.74) is 9.80. The maximum atomic E-state index is 13.7. The number of nitrogens with one attached hydrogen (secondary N) is 1. The van der Waals surface area contributed by atoms with Crippen LogP contribution in [0.3, 0.4) is 0 Å². The number of nitrogens with zero attached hydrogens (tertiary/aromatic N) is 3. The number of benzene rings is 1. The van der Waals surface area contributed by atoms with E-state index in [9.17, 15) is 14.7 Å². The summed E-state index contributed by atoms with van der Waals surface area (Å²) in [4.78, 5) is 27.9. The van der Waals surface area contributed by atoms with Crippen molar-refractivity contribution < 1.29 is 14.7 Å². The third-order valence-electron chi connectivity index (χ3n) is 7.89. The van der Waals surface area contributed by atoms with Gasteiger partial charge in [0, 0.05) is 30.2 Å². The Balaban J connectivity index is 1.53. The summed E-state index contributed by atoms with van der Waals surface area (Å²) in [5, 5.41) is 18.2. The Morgan fingerprint density at radius 1 is 1.20 bits per heavy atom. The number of amides is 2. The fourth-order valence-electron chi connectivity index (χ4n) is 5.62. The SMILES string of the molecule is CCc1nn(-c2ccc(C(N)=O)c(NC3CCC(O)CC3)c2)c2c1C(=O)N(CC1CC1)C(C)(C)C2. The summed E-state index contributed by atoms with van der Waals surface area (Å²) < 4.78 is 1.89. The number of hydrogen-bond acceptors (Lipinski definition) is 5. The van der Waals surface area contributed by atoms with Crippen LogP contribution in [0, 0.1) is 5.92 Å². The highest BCUT2D eigenvalue weighted by molar-refractivity contribution is 6.00. The van der Waals surface area contributed by atoms with E-state index in [2.05, 4.69) is 24.1 Å². The zero-order valence-electron chi connectivity index (χ0n) is 21.0. The second-order valence-corrected chi connectivity index (χ2v) is 11.1. The van der Waals surface area contributed by atoms with Crippen LogP contribution in [0.25, 0.3) is 5.69 Å². The van der Waals surface area contributed by atoms with Gasteiger partial charge in [0.25, 0.3) is 11.8 Å². The monoisotopic (exact) mass is 479 g/mol. The van der Waals surface area contributed by atoms with E-state index >= 15 is 0 Å². The molecule has 35 heavy (non-hydrogen) atoms. The molecule has 2 heterocycles. The lowest BCUT2D eigenvalue weighted by Gasteiger charge is -2.42. The van der Waals surface area contributed by atoms with Crippen molar-refractivity contribution >= 4 is 17.5 Å². The van der Waals surface area contributed by atoms with Crippen molar-refractivity contribution in [3.05, 3.63) is 40.7 Å². The molecule has 0 saturated heterocycles. The van der Waals surface area contributed by atoms with Gasteiger partial charge in [-0.3, -0.25) is 9.59 Å². The first-order valence-electron chi connectivity index (χ1n) is 13.0. The predicted molar refractivity (Wildman–Crippen MR) is 135 cm³/mol. The average molecular weight is 480 g/mol. The molecule has 2 aromatic rings. The lowest BCUT2D eigenvalue weighted by molar-refractivity contribution is 0.0487. The molecule has 188 valence electrons. The predicted octanol–water partition coefficient (Wildman–Crippen LogP) is 3.44. The summed E-state index contributed by atoms with van der Waals surface area (Å²) in [7, 11) is 0. The van der Waals surface area contributed by atoms with E-state index in [1.165, 1.54) is 12.8 Å². The lowest BCUT2D eigenvalue weighted by Crippen LogP contribution is -2.53. The molecule has 5 rings (SSSR count). The summed E-state index contributed by atoms with van der Waals surface area (Å²) in [5.74, 6) is 0.216. The normalized spacial score (nSPS) is 23.8. The molecule has 3 aliphatic rings. The first-order valence-corrected chi connectivity index (χ1v) is 13.0. The number of hydrogen-bond donors (Lipinski definition) is 3. The van der Waals surface area contributed by atoms with Crippen molar-refractivity contribution in [2.24, 2.45) is 11.7 Å². The quantitative estimate of drug-likeness (QED) is 0.563. The summed E-state index contributed by atoms with van der Waals surface area (Å²) in [6.45, 7) is 7.13. The van der Waals surface area contributed by atoms with Crippen LogP contribution in [0.2, 0.25) is 0 Å². The second kappa shape index (κ2) is 8.97. The number of nitrogens with two attached hydrogens (primary N) is 1. The van der Waals surface area contributed by atoms with E-state index in [-0.39, 0.29) is 23.6 Å². The molecule has 0 bridgehead atoms. The van der Waals surface area contributed by atoms with Crippen LogP contribution in [-0.2, 0) is 12.8 Å².